The van der Waals surface area contributed by atoms with Crippen LogP contribution in [0.2, 0.25) is 0 Å². The second kappa shape index (κ2) is 13.1. The van der Waals surface area contributed by atoms with E-state index in [-0.39, 0.29) is 42.2 Å². The van der Waals surface area contributed by atoms with Crippen molar-refractivity contribution in [2.24, 2.45) is 4.99 Å². The van der Waals surface area contributed by atoms with Gasteiger partial charge in [-0.05, 0) is 43.0 Å². The summed E-state index contributed by atoms with van der Waals surface area (Å²) >= 11 is 0. The lowest BCUT2D eigenvalue weighted by atomic mass is 10.1. The van der Waals surface area contributed by atoms with Crippen molar-refractivity contribution in [3.05, 3.63) is 71.0 Å². The highest BCUT2D eigenvalue weighted by Crippen LogP contribution is 2.09. The van der Waals surface area contributed by atoms with Crippen LogP contribution in [0.4, 0.5) is 4.39 Å². The maximum Gasteiger partial charge on any atom is 0.239 e. The summed E-state index contributed by atoms with van der Waals surface area (Å²) in [7, 11) is 0. The number of halogens is 2. The van der Waals surface area contributed by atoms with Crippen molar-refractivity contribution >= 4 is 35.8 Å². The molecule has 1 amide bonds. The molecule has 0 unspecified atom stereocenters. The van der Waals surface area contributed by atoms with Gasteiger partial charge < -0.3 is 16.0 Å². The Morgan fingerprint density at radius 2 is 1.79 bits per heavy atom. The maximum atomic E-state index is 13.6. The molecule has 2 aromatic carbocycles. The lowest BCUT2D eigenvalue weighted by Gasteiger charge is -2.12. The summed E-state index contributed by atoms with van der Waals surface area (Å²) in [4.78, 5) is 16.4. The lowest BCUT2D eigenvalue weighted by molar-refractivity contribution is -0.119. The van der Waals surface area contributed by atoms with E-state index >= 15 is 0 Å². The van der Waals surface area contributed by atoms with E-state index in [1.54, 1.807) is 13.0 Å². The zero-order valence-corrected chi connectivity index (χ0v) is 18.6. The second-order valence-corrected chi connectivity index (χ2v) is 6.22. The van der Waals surface area contributed by atoms with Crippen LogP contribution in [0.3, 0.4) is 0 Å². The molecule has 5 nitrogen and oxygen atoms in total. The van der Waals surface area contributed by atoms with E-state index in [9.17, 15) is 9.18 Å². The van der Waals surface area contributed by atoms with Crippen molar-refractivity contribution in [2.75, 3.05) is 19.6 Å². The Hall–Kier alpha value is -2.16. The first-order chi connectivity index (χ1) is 13.1. The zero-order valence-electron chi connectivity index (χ0n) is 16.3. The average Bonchev–Trinajstić information content (AvgIpc) is 2.67. The third-order valence-electron chi connectivity index (χ3n) is 4.00. The molecule has 7 heteroatoms. The van der Waals surface area contributed by atoms with Crippen LogP contribution in [-0.4, -0.2) is 31.5 Å². The van der Waals surface area contributed by atoms with Gasteiger partial charge >= 0.3 is 0 Å². The topological polar surface area (TPSA) is 65.5 Å². The Morgan fingerprint density at radius 1 is 1.04 bits per heavy atom. The quantitative estimate of drug-likeness (QED) is 0.298. The minimum Gasteiger partial charge on any atom is -0.357 e. The number of carbonyl (C=O) groups excluding carboxylic acids is 1. The first-order valence-electron chi connectivity index (χ1n) is 9.16. The number of aliphatic imine (C=N–C) groups is 1. The summed E-state index contributed by atoms with van der Waals surface area (Å²) in [6.07, 6.45) is 0.791. The molecule has 3 N–H and O–H groups in total. The normalized spacial score (nSPS) is 10.8. The highest BCUT2D eigenvalue weighted by molar-refractivity contribution is 14.0. The van der Waals surface area contributed by atoms with Crippen LogP contribution in [0.25, 0.3) is 0 Å². The molecule has 28 heavy (non-hydrogen) atoms. The number of amides is 1. The molecule has 0 bridgehead atoms. The Morgan fingerprint density at radius 3 is 2.46 bits per heavy atom. The van der Waals surface area contributed by atoms with Gasteiger partial charge in [-0.25, -0.2) is 9.38 Å². The summed E-state index contributed by atoms with van der Waals surface area (Å²) in [5.41, 5.74) is 2.58. The highest BCUT2D eigenvalue weighted by atomic mass is 127. The first-order valence-corrected chi connectivity index (χ1v) is 9.16. The molecule has 0 saturated heterocycles. The summed E-state index contributed by atoms with van der Waals surface area (Å²) in [5.74, 6) is 0.188. The molecule has 0 aliphatic carbocycles. The Balaban J connectivity index is 0.00000392. The van der Waals surface area contributed by atoms with Gasteiger partial charge in [0, 0.05) is 13.1 Å². The molecule has 2 rings (SSSR count). The molecule has 0 aliphatic rings. The molecular formula is C21H28FIN4O. The van der Waals surface area contributed by atoms with Crippen molar-refractivity contribution < 1.29 is 9.18 Å². The highest BCUT2D eigenvalue weighted by Gasteiger charge is 2.04. The van der Waals surface area contributed by atoms with Crippen LogP contribution >= 0.6 is 24.0 Å². The average molecular weight is 498 g/mol. The Bertz CT molecular complexity index is 768. The van der Waals surface area contributed by atoms with Crippen LogP contribution in [-0.2, 0) is 17.8 Å². The summed E-state index contributed by atoms with van der Waals surface area (Å²) in [6, 6.07) is 15.1. The van der Waals surface area contributed by atoms with Gasteiger partial charge in [-0.3, -0.25) is 4.79 Å². The van der Waals surface area contributed by atoms with Crippen molar-refractivity contribution in [1.82, 2.24) is 16.0 Å². The smallest absolute Gasteiger partial charge is 0.239 e. The Kier molecular flexibility index (Phi) is 11.2. The van der Waals surface area contributed by atoms with E-state index in [4.69, 9.17) is 0 Å². The maximum absolute atomic E-state index is 13.6. The van der Waals surface area contributed by atoms with E-state index in [0.29, 0.717) is 31.2 Å². The van der Waals surface area contributed by atoms with Gasteiger partial charge in [0.2, 0.25) is 5.91 Å². The van der Waals surface area contributed by atoms with Crippen LogP contribution < -0.4 is 16.0 Å². The Labute approximate surface area is 183 Å². The van der Waals surface area contributed by atoms with E-state index in [1.165, 1.54) is 11.6 Å². The van der Waals surface area contributed by atoms with Gasteiger partial charge in [-0.15, -0.1) is 24.0 Å². The third-order valence-corrected chi connectivity index (χ3v) is 4.00. The molecule has 0 fully saturated rings. The minimum absolute atomic E-state index is 0. The number of nitrogens with zero attached hydrogens (tertiary/aromatic N) is 1. The van der Waals surface area contributed by atoms with Crippen LogP contribution in [0.1, 0.15) is 23.6 Å². The molecule has 0 heterocycles. The molecule has 0 aliphatic heterocycles. The molecule has 0 radical (unpaired) electrons. The summed E-state index contributed by atoms with van der Waals surface area (Å²) in [6.45, 7) is 5.39. The number of nitrogens with one attached hydrogen (secondary N) is 3. The van der Waals surface area contributed by atoms with Crippen molar-refractivity contribution in [1.29, 1.82) is 0 Å². The molecular weight excluding hydrogens is 470 g/mol. The van der Waals surface area contributed by atoms with Crippen molar-refractivity contribution in [3.8, 4) is 0 Å². The standard InChI is InChI=1S/C21H27FN4O.HI/c1-3-23-21(25-14-18-10-9-16(2)19(22)13-18)26-15-20(27)24-12-11-17-7-5-4-6-8-17;/h4-10,13H,3,11-12,14-15H2,1-2H3,(H,24,27)(H2,23,25,26);1H. The molecule has 0 aromatic heterocycles. The largest absolute Gasteiger partial charge is 0.357 e. The molecule has 2 aromatic rings. The van der Waals surface area contributed by atoms with Crippen molar-refractivity contribution in [2.45, 2.75) is 26.8 Å². The molecule has 0 spiro atoms. The first kappa shape index (κ1) is 23.9. The minimum atomic E-state index is -0.238. The van der Waals surface area contributed by atoms with E-state index in [0.717, 1.165) is 12.0 Å². The van der Waals surface area contributed by atoms with E-state index in [2.05, 4.69) is 20.9 Å². The van der Waals surface area contributed by atoms with E-state index in [1.807, 2.05) is 43.3 Å². The fourth-order valence-electron chi connectivity index (χ4n) is 2.46. The van der Waals surface area contributed by atoms with Gasteiger partial charge in [0.15, 0.2) is 5.96 Å². The zero-order chi connectivity index (χ0) is 19.5. The van der Waals surface area contributed by atoms with Gasteiger partial charge in [-0.1, -0.05) is 42.5 Å². The predicted octanol–water partition coefficient (Wildman–Crippen LogP) is 3.17. The molecule has 0 saturated carbocycles. The lowest BCUT2D eigenvalue weighted by Crippen LogP contribution is -2.43. The van der Waals surface area contributed by atoms with Crippen molar-refractivity contribution in [3.63, 3.8) is 0 Å². The number of benzene rings is 2. The second-order valence-electron chi connectivity index (χ2n) is 6.22. The van der Waals surface area contributed by atoms with Crippen LogP contribution in [0.15, 0.2) is 53.5 Å². The fraction of sp³-hybridized carbons (Fsp3) is 0.333. The summed E-state index contributed by atoms with van der Waals surface area (Å²) in [5, 5.41) is 8.96. The fourth-order valence-corrected chi connectivity index (χ4v) is 2.46. The van der Waals surface area contributed by atoms with Gasteiger partial charge in [0.25, 0.3) is 0 Å². The van der Waals surface area contributed by atoms with Crippen LogP contribution in [0, 0.1) is 12.7 Å². The van der Waals surface area contributed by atoms with E-state index < -0.39 is 0 Å². The predicted molar refractivity (Wildman–Crippen MR) is 123 cm³/mol. The van der Waals surface area contributed by atoms with Gasteiger partial charge in [0.1, 0.15) is 5.82 Å². The number of rotatable bonds is 8. The number of carbonyl (C=O) groups is 1. The molecule has 152 valence electrons. The number of hydrogen-bond acceptors (Lipinski definition) is 2. The van der Waals surface area contributed by atoms with Gasteiger partial charge in [0.05, 0.1) is 13.1 Å². The van der Waals surface area contributed by atoms with Crippen LogP contribution in [0.5, 0.6) is 0 Å². The third kappa shape index (κ3) is 8.69. The van der Waals surface area contributed by atoms with Gasteiger partial charge in [-0.2, -0.15) is 0 Å². The molecule has 0 atom stereocenters. The monoisotopic (exact) mass is 498 g/mol. The number of aryl methyl sites for hydroxylation is 1. The number of hydrogen-bond donors (Lipinski definition) is 3. The SMILES string of the molecule is CCNC(=NCc1ccc(C)c(F)c1)NCC(=O)NCCc1ccccc1.I. The summed E-state index contributed by atoms with van der Waals surface area (Å²) < 4.78 is 13.6. The number of guanidine groups is 1.